The number of benzene rings is 1. The van der Waals surface area contributed by atoms with Gasteiger partial charge in [0.05, 0.1) is 10.7 Å². The molecule has 0 fully saturated rings. The Morgan fingerprint density at radius 3 is 2.83 bits per heavy atom. The number of halogens is 2. The molecule has 0 atom stereocenters. The van der Waals surface area contributed by atoms with E-state index in [0.717, 1.165) is 6.07 Å². The number of hydrogen-bond acceptors (Lipinski definition) is 3. The molecule has 2 rings (SSSR count). The normalized spacial score (nSPS) is 10.4. The number of phenols is 1. The average Bonchev–Trinajstić information content (AvgIpc) is 2.65. The minimum absolute atomic E-state index is 0.0585. The van der Waals surface area contributed by atoms with Crippen LogP contribution in [-0.2, 0) is 0 Å². The topological polar surface area (TPSA) is 78.0 Å². The van der Waals surface area contributed by atoms with Gasteiger partial charge in [-0.3, -0.25) is 9.89 Å². The Bertz CT molecular complexity index is 592. The predicted octanol–water partition coefficient (Wildman–Crippen LogP) is 2.47. The number of para-hydroxylation sites is 1. The molecule has 18 heavy (non-hydrogen) atoms. The summed E-state index contributed by atoms with van der Waals surface area (Å²) in [5.41, 5.74) is 0.163. The van der Waals surface area contributed by atoms with Crippen molar-refractivity contribution in [2.24, 2.45) is 0 Å². The third-order valence-electron chi connectivity index (χ3n) is 2.32. The van der Waals surface area contributed by atoms with Crippen molar-refractivity contribution in [1.82, 2.24) is 10.2 Å². The number of carbonyl (C=O) groups excluding carboxylic acids is 1. The van der Waals surface area contributed by atoms with Gasteiger partial charge in [0.1, 0.15) is 11.4 Å². The molecule has 1 heterocycles. The monoisotopic (exact) mass is 269 g/mol. The first-order chi connectivity index (χ1) is 8.50. The third kappa shape index (κ3) is 2.14. The van der Waals surface area contributed by atoms with Gasteiger partial charge in [-0.2, -0.15) is 5.10 Å². The Balaban J connectivity index is 2.30. The van der Waals surface area contributed by atoms with Crippen LogP contribution in [0.15, 0.2) is 18.2 Å². The van der Waals surface area contributed by atoms with E-state index in [-0.39, 0.29) is 22.2 Å². The number of nitrogens with zero attached hydrogens (tertiary/aromatic N) is 1. The van der Waals surface area contributed by atoms with Crippen LogP contribution < -0.4 is 5.32 Å². The first kappa shape index (κ1) is 12.4. The number of H-pyrrole nitrogens is 1. The summed E-state index contributed by atoms with van der Waals surface area (Å²) in [6.07, 6.45) is 0. The van der Waals surface area contributed by atoms with Crippen molar-refractivity contribution in [2.75, 3.05) is 5.32 Å². The van der Waals surface area contributed by atoms with Crippen molar-refractivity contribution >= 4 is 23.2 Å². The van der Waals surface area contributed by atoms with E-state index in [4.69, 9.17) is 11.6 Å². The number of aryl methyl sites for hydroxylation is 1. The molecular formula is C11H9ClFN3O2. The molecule has 0 saturated carbocycles. The molecule has 1 amide bonds. The van der Waals surface area contributed by atoms with Gasteiger partial charge in [0, 0.05) is 0 Å². The molecule has 0 aliphatic heterocycles. The molecule has 0 unspecified atom stereocenters. The highest BCUT2D eigenvalue weighted by molar-refractivity contribution is 6.34. The number of phenolic OH excluding ortho intramolecular Hbond substituents is 1. The first-order valence-electron chi connectivity index (χ1n) is 5.00. The molecule has 0 aliphatic rings. The van der Waals surface area contributed by atoms with Gasteiger partial charge in [-0.1, -0.05) is 17.7 Å². The Morgan fingerprint density at radius 1 is 1.56 bits per heavy atom. The summed E-state index contributed by atoms with van der Waals surface area (Å²) in [6.45, 7) is 1.65. The zero-order chi connectivity index (χ0) is 13.3. The Kier molecular flexibility index (Phi) is 3.20. The van der Waals surface area contributed by atoms with Crippen LogP contribution in [0.1, 0.15) is 16.2 Å². The molecule has 94 valence electrons. The molecule has 1 aromatic heterocycles. The minimum Gasteiger partial charge on any atom is -0.506 e. The molecular weight excluding hydrogens is 261 g/mol. The zero-order valence-electron chi connectivity index (χ0n) is 9.29. The number of aromatic nitrogens is 2. The highest BCUT2D eigenvalue weighted by Gasteiger charge is 2.19. The maximum absolute atomic E-state index is 13.4. The number of amides is 1. The van der Waals surface area contributed by atoms with E-state index >= 15 is 0 Å². The van der Waals surface area contributed by atoms with E-state index in [1.54, 1.807) is 6.92 Å². The fourth-order valence-electron chi connectivity index (χ4n) is 1.38. The number of aromatic amines is 1. The fourth-order valence-corrected chi connectivity index (χ4v) is 1.55. The standard InChI is InChI=1S/C11H9ClFN3O2/c1-5-8(12)10(16-15-5)11(18)14-9-6(13)3-2-4-7(9)17/h2-4,17H,1H3,(H,14,18)(H,15,16). The number of carbonyl (C=O) groups is 1. The average molecular weight is 270 g/mol. The summed E-state index contributed by atoms with van der Waals surface area (Å²) in [5, 5.41) is 18.1. The van der Waals surface area contributed by atoms with Gasteiger partial charge in [-0.25, -0.2) is 4.39 Å². The molecule has 5 nitrogen and oxygen atoms in total. The van der Waals surface area contributed by atoms with Gasteiger partial charge >= 0.3 is 0 Å². The van der Waals surface area contributed by atoms with Crippen molar-refractivity contribution in [3.63, 3.8) is 0 Å². The third-order valence-corrected chi connectivity index (χ3v) is 2.78. The lowest BCUT2D eigenvalue weighted by atomic mass is 10.2. The Hall–Kier alpha value is -2.08. The summed E-state index contributed by atoms with van der Waals surface area (Å²) in [6, 6.07) is 3.70. The second-order valence-corrected chi connectivity index (χ2v) is 3.98. The van der Waals surface area contributed by atoms with Crippen molar-refractivity contribution in [2.45, 2.75) is 6.92 Å². The number of anilines is 1. The SMILES string of the molecule is Cc1[nH]nc(C(=O)Nc2c(O)cccc2F)c1Cl. The fraction of sp³-hybridized carbons (Fsp3) is 0.0909. The summed E-state index contributed by atoms with van der Waals surface area (Å²) in [7, 11) is 0. The molecule has 0 radical (unpaired) electrons. The lowest BCUT2D eigenvalue weighted by Gasteiger charge is -2.06. The van der Waals surface area contributed by atoms with E-state index in [2.05, 4.69) is 15.5 Å². The summed E-state index contributed by atoms with van der Waals surface area (Å²) >= 11 is 5.84. The van der Waals surface area contributed by atoms with Gasteiger partial charge in [0.25, 0.3) is 5.91 Å². The molecule has 0 spiro atoms. The number of rotatable bonds is 2. The maximum Gasteiger partial charge on any atom is 0.277 e. The van der Waals surface area contributed by atoms with E-state index in [0.29, 0.717) is 5.69 Å². The van der Waals surface area contributed by atoms with E-state index in [9.17, 15) is 14.3 Å². The summed E-state index contributed by atoms with van der Waals surface area (Å²) in [4.78, 5) is 11.8. The second-order valence-electron chi connectivity index (χ2n) is 3.60. The number of aromatic hydroxyl groups is 1. The molecule has 0 bridgehead atoms. The van der Waals surface area contributed by atoms with E-state index in [1.807, 2.05) is 0 Å². The van der Waals surface area contributed by atoms with Crippen LogP contribution in [0, 0.1) is 12.7 Å². The van der Waals surface area contributed by atoms with E-state index in [1.165, 1.54) is 12.1 Å². The van der Waals surface area contributed by atoms with Gasteiger partial charge < -0.3 is 10.4 Å². The lowest BCUT2D eigenvalue weighted by molar-refractivity contribution is 0.102. The van der Waals surface area contributed by atoms with Crippen LogP contribution in [0.2, 0.25) is 5.02 Å². The molecule has 1 aromatic carbocycles. The molecule has 0 saturated heterocycles. The maximum atomic E-state index is 13.4. The van der Waals surface area contributed by atoms with Gasteiger partial charge in [0.15, 0.2) is 11.5 Å². The van der Waals surface area contributed by atoms with Gasteiger partial charge in [-0.05, 0) is 19.1 Å². The highest BCUT2D eigenvalue weighted by Crippen LogP contribution is 2.27. The number of hydrogen-bond donors (Lipinski definition) is 3. The van der Waals surface area contributed by atoms with Gasteiger partial charge in [-0.15, -0.1) is 0 Å². The Morgan fingerprint density at radius 2 is 2.28 bits per heavy atom. The molecule has 3 N–H and O–H groups in total. The van der Waals surface area contributed by atoms with E-state index < -0.39 is 11.7 Å². The van der Waals surface area contributed by atoms with Crippen LogP contribution in [0.4, 0.5) is 10.1 Å². The minimum atomic E-state index is -0.744. The van der Waals surface area contributed by atoms with Gasteiger partial charge in [0.2, 0.25) is 0 Å². The lowest BCUT2D eigenvalue weighted by Crippen LogP contribution is -2.14. The summed E-state index contributed by atoms with van der Waals surface area (Å²) < 4.78 is 13.4. The Labute approximate surface area is 107 Å². The summed E-state index contributed by atoms with van der Waals surface area (Å²) in [5.74, 6) is -1.82. The van der Waals surface area contributed by atoms with Crippen molar-refractivity contribution in [3.05, 3.63) is 40.4 Å². The highest BCUT2D eigenvalue weighted by atomic mass is 35.5. The molecule has 0 aliphatic carbocycles. The van der Waals surface area contributed by atoms with Crippen molar-refractivity contribution < 1.29 is 14.3 Å². The van der Waals surface area contributed by atoms with Crippen LogP contribution in [0.3, 0.4) is 0 Å². The quantitative estimate of drug-likeness (QED) is 0.733. The number of nitrogens with one attached hydrogen (secondary N) is 2. The first-order valence-corrected chi connectivity index (χ1v) is 5.37. The second kappa shape index (κ2) is 4.66. The van der Waals surface area contributed by atoms with Crippen LogP contribution in [0.5, 0.6) is 5.75 Å². The van der Waals surface area contributed by atoms with Crippen LogP contribution >= 0.6 is 11.6 Å². The molecule has 2 aromatic rings. The predicted molar refractivity (Wildman–Crippen MR) is 64.4 cm³/mol. The molecule has 7 heteroatoms. The largest absolute Gasteiger partial charge is 0.506 e. The zero-order valence-corrected chi connectivity index (χ0v) is 10.0. The van der Waals surface area contributed by atoms with Crippen LogP contribution in [-0.4, -0.2) is 21.2 Å². The van der Waals surface area contributed by atoms with Crippen molar-refractivity contribution in [1.29, 1.82) is 0 Å². The van der Waals surface area contributed by atoms with Crippen LogP contribution in [0.25, 0.3) is 0 Å². The van der Waals surface area contributed by atoms with Crippen molar-refractivity contribution in [3.8, 4) is 5.75 Å². The smallest absolute Gasteiger partial charge is 0.277 e.